The highest BCUT2D eigenvalue weighted by Crippen LogP contribution is 2.27. The number of methoxy groups -OCH3 is 1. The number of carbonyl (C=O) groups is 3. The molecule has 3 aromatic rings. The summed E-state index contributed by atoms with van der Waals surface area (Å²) in [4.78, 5) is 36.0. The molecule has 0 heterocycles. The molecule has 0 aromatic heterocycles. The molecule has 0 aliphatic heterocycles. The monoisotopic (exact) mass is 521 g/mol. The van der Waals surface area contributed by atoms with Crippen molar-refractivity contribution < 1.29 is 23.9 Å². The van der Waals surface area contributed by atoms with Gasteiger partial charge in [0.2, 0.25) is 0 Å². The average Bonchev–Trinajstić information content (AvgIpc) is 2.85. The fourth-order valence-electron chi connectivity index (χ4n) is 2.66. The number of halogens is 1. The summed E-state index contributed by atoms with van der Waals surface area (Å²) in [5.41, 5.74) is 4.04. The van der Waals surface area contributed by atoms with Gasteiger partial charge in [0.1, 0.15) is 0 Å². The van der Waals surface area contributed by atoms with E-state index < -0.39 is 17.8 Å². The van der Waals surface area contributed by atoms with Crippen LogP contribution in [-0.4, -0.2) is 31.1 Å². The Morgan fingerprint density at radius 3 is 2.32 bits per heavy atom. The van der Waals surface area contributed by atoms with Crippen molar-refractivity contribution >= 4 is 51.7 Å². The van der Waals surface area contributed by atoms with Crippen LogP contribution in [0.3, 0.4) is 0 Å². The Labute approximate surface area is 204 Å². The summed E-state index contributed by atoms with van der Waals surface area (Å²) >= 11 is 3.29. The number of hydrazone groups is 1. The Hall–Kier alpha value is -4.24. The van der Waals surface area contributed by atoms with Crippen LogP contribution in [0.25, 0.3) is 6.08 Å². The summed E-state index contributed by atoms with van der Waals surface area (Å²) in [6, 6.07) is 20.8. The molecule has 9 heteroatoms. The largest absolute Gasteiger partial charge is 0.493 e. The number of nitrogens with zero attached hydrogens (tertiary/aromatic N) is 1. The minimum atomic E-state index is -0.929. The number of ether oxygens (including phenoxy) is 2. The lowest BCUT2D eigenvalue weighted by molar-refractivity contribution is -0.136. The van der Waals surface area contributed by atoms with Crippen LogP contribution in [0.4, 0.5) is 5.69 Å². The van der Waals surface area contributed by atoms with Gasteiger partial charge in [-0.2, -0.15) is 5.10 Å². The van der Waals surface area contributed by atoms with Gasteiger partial charge in [0.25, 0.3) is 0 Å². The smallest absolute Gasteiger partial charge is 0.336 e. The van der Waals surface area contributed by atoms with E-state index in [4.69, 9.17) is 9.47 Å². The van der Waals surface area contributed by atoms with Crippen molar-refractivity contribution in [2.24, 2.45) is 5.10 Å². The third-order valence-electron chi connectivity index (χ3n) is 4.30. The quantitative estimate of drug-likeness (QED) is 0.121. The van der Waals surface area contributed by atoms with E-state index in [1.807, 2.05) is 30.3 Å². The van der Waals surface area contributed by atoms with E-state index in [9.17, 15) is 14.4 Å². The van der Waals surface area contributed by atoms with E-state index in [1.54, 1.807) is 42.5 Å². The highest BCUT2D eigenvalue weighted by atomic mass is 79.9. The molecule has 3 rings (SSSR count). The number of benzene rings is 3. The maximum absolute atomic E-state index is 12.1. The summed E-state index contributed by atoms with van der Waals surface area (Å²) in [5.74, 6) is -1.83. The first-order valence-electron chi connectivity index (χ1n) is 9.97. The van der Waals surface area contributed by atoms with E-state index in [0.717, 1.165) is 10.0 Å². The van der Waals surface area contributed by atoms with E-state index in [1.165, 1.54) is 25.5 Å². The topological polar surface area (TPSA) is 106 Å². The Kier molecular flexibility index (Phi) is 8.70. The zero-order chi connectivity index (χ0) is 24.3. The molecule has 0 fully saturated rings. The highest BCUT2D eigenvalue weighted by Gasteiger charge is 2.13. The normalized spacial score (nSPS) is 10.8. The zero-order valence-corrected chi connectivity index (χ0v) is 19.6. The van der Waals surface area contributed by atoms with Crippen molar-refractivity contribution in [3.8, 4) is 11.5 Å². The van der Waals surface area contributed by atoms with Gasteiger partial charge in [0.05, 0.1) is 13.3 Å². The van der Waals surface area contributed by atoms with Crippen molar-refractivity contribution in [2.75, 3.05) is 12.4 Å². The average molecular weight is 522 g/mol. The van der Waals surface area contributed by atoms with Crippen molar-refractivity contribution in [2.45, 2.75) is 0 Å². The molecule has 0 radical (unpaired) electrons. The van der Waals surface area contributed by atoms with E-state index in [2.05, 4.69) is 31.8 Å². The molecule has 3 aromatic carbocycles. The second-order valence-corrected chi connectivity index (χ2v) is 7.65. The molecule has 0 atom stereocenters. The minimum Gasteiger partial charge on any atom is -0.493 e. The van der Waals surface area contributed by atoms with Gasteiger partial charge >= 0.3 is 17.8 Å². The third kappa shape index (κ3) is 7.42. The number of esters is 1. The van der Waals surface area contributed by atoms with Crippen LogP contribution in [0.1, 0.15) is 11.1 Å². The maximum Gasteiger partial charge on any atom is 0.336 e. The lowest BCUT2D eigenvalue weighted by Gasteiger charge is -2.08. The number of nitrogens with one attached hydrogen (secondary N) is 2. The van der Waals surface area contributed by atoms with Crippen LogP contribution < -0.4 is 20.2 Å². The number of anilines is 1. The van der Waals surface area contributed by atoms with Crippen molar-refractivity contribution in [1.29, 1.82) is 0 Å². The van der Waals surface area contributed by atoms with E-state index in [-0.39, 0.29) is 5.75 Å². The Balaban J connectivity index is 1.56. The van der Waals surface area contributed by atoms with Gasteiger partial charge in [-0.3, -0.25) is 9.59 Å². The third-order valence-corrected chi connectivity index (χ3v) is 4.83. The molecular weight excluding hydrogens is 502 g/mol. The van der Waals surface area contributed by atoms with Crippen molar-refractivity contribution in [1.82, 2.24) is 5.43 Å². The van der Waals surface area contributed by atoms with Gasteiger partial charge < -0.3 is 14.8 Å². The molecule has 0 unspecified atom stereocenters. The molecule has 0 bridgehead atoms. The molecular formula is C25H20BrN3O5. The van der Waals surface area contributed by atoms with E-state index in [0.29, 0.717) is 17.0 Å². The van der Waals surface area contributed by atoms with E-state index >= 15 is 0 Å². The van der Waals surface area contributed by atoms with Crippen LogP contribution in [-0.2, 0) is 14.4 Å². The molecule has 2 N–H and O–H groups in total. The number of hydrogen-bond acceptors (Lipinski definition) is 6. The van der Waals surface area contributed by atoms with Crippen molar-refractivity contribution in [3.05, 3.63) is 94.5 Å². The van der Waals surface area contributed by atoms with Crippen LogP contribution >= 0.6 is 15.9 Å². The zero-order valence-electron chi connectivity index (χ0n) is 18.0. The molecule has 2 amide bonds. The Morgan fingerprint density at radius 1 is 0.882 bits per heavy atom. The maximum atomic E-state index is 12.1. The van der Waals surface area contributed by atoms with Gasteiger partial charge in [-0.25, -0.2) is 10.2 Å². The number of rotatable bonds is 7. The van der Waals surface area contributed by atoms with Crippen LogP contribution in [0.2, 0.25) is 0 Å². The molecule has 8 nitrogen and oxygen atoms in total. The molecule has 0 aliphatic rings. The highest BCUT2D eigenvalue weighted by molar-refractivity contribution is 9.10. The molecule has 172 valence electrons. The predicted molar refractivity (Wildman–Crippen MR) is 133 cm³/mol. The molecule has 0 saturated carbocycles. The van der Waals surface area contributed by atoms with Crippen LogP contribution in [0, 0.1) is 0 Å². The summed E-state index contributed by atoms with van der Waals surface area (Å²) in [6.07, 6.45) is 4.29. The first-order chi connectivity index (χ1) is 16.4. The molecule has 0 saturated heterocycles. The minimum absolute atomic E-state index is 0.222. The molecule has 34 heavy (non-hydrogen) atoms. The first-order valence-corrected chi connectivity index (χ1v) is 10.8. The summed E-state index contributed by atoms with van der Waals surface area (Å²) in [7, 11) is 1.43. The lowest BCUT2D eigenvalue weighted by Crippen LogP contribution is -2.32. The van der Waals surface area contributed by atoms with Gasteiger partial charge in [-0.05, 0) is 59.7 Å². The molecule has 0 spiro atoms. The van der Waals surface area contributed by atoms with Crippen LogP contribution in [0.5, 0.6) is 11.5 Å². The summed E-state index contributed by atoms with van der Waals surface area (Å²) < 4.78 is 11.4. The first kappa shape index (κ1) is 24.4. The van der Waals surface area contributed by atoms with Gasteiger partial charge in [0, 0.05) is 16.2 Å². The Bertz CT molecular complexity index is 1230. The summed E-state index contributed by atoms with van der Waals surface area (Å²) in [6.45, 7) is 0. The summed E-state index contributed by atoms with van der Waals surface area (Å²) in [5, 5.41) is 6.24. The number of amides is 2. The molecule has 0 aliphatic carbocycles. The second-order valence-electron chi connectivity index (χ2n) is 6.74. The van der Waals surface area contributed by atoms with Gasteiger partial charge in [-0.1, -0.05) is 46.3 Å². The van der Waals surface area contributed by atoms with Gasteiger partial charge in [-0.15, -0.1) is 0 Å². The van der Waals surface area contributed by atoms with Crippen molar-refractivity contribution in [3.63, 3.8) is 0 Å². The Morgan fingerprint density at radius 2 is 1.62 bits per heavy atom. The number of carbonyl (C=O) groups excluding carboxylic acids is 3. The number of hydrogen-bond donors (Lipinski definition) is 2. The lowest BCUT2D eigenvalue weighted by atomic mass is 10.2. The van der Waals surface area contributed by atoms with Crippen LogP contribution in [0.15, 0.2) is 88.4 Å². The fraction of sp³-hybridized carbons (Fsp3) is 0.0400. The fourth-order valence-corrected chi connectivity index (χ4v) is 2.92. The second kappa shape index (κ2) is 12.1. The standard InChI is InChI=1S/C25H20BrN3O5/c1-33-22-15-18(7-13-21(22)34-23(30)14-8-17-5-3-2-4-6-17)16-27-29-25(32)24(31)28-20-11-9-19(26)10-12-20/h2-16H,1H3,(H,28,31)(H,29,32)/b14-8+,27-16-. The van der Waals surface area contributed by atoms with Gasteiger partial charge in [0.15, 0.2) is 11.5 Å². The SMILES string of the molecule is COc1cc(/C=N\NC(=O)C(=O)Nc2ccc(Br)cc2)ccc1OC(=O)/C=C/c1ccccc1. The predicted octanol–water partition coefficient (Wildman–Crippen LogP) is 4.17.